The molecule has 132 valence electrons. The van der Waals surface area contributed by atoms with E-state index in [0.29, 0.717) is 11.4 Å². The molecule has 6 nitrogen and oxygen atoms in total. The van der Waals surface area contributed by atoms with Crippen LogP contribution in [0.1, 0.15) is 32.8 Å². The number of aryl methyl sites for hydroxylation is 1. The number of carbonyl (C=O) groups is 2. The molecule has 24 heavy (non-hydrogen) atoms. The van der Waals surface area contributed by atoms with Gasteiger partial charge in [-0.3, -0.25) is 15.0 Å². The fourth-order valence-corrected chi connectivity index (χ4v) is 2.29. The lowest BCUT2D eigenvalue weighted by atomic mass is 10.1. The molecule has 0 spiro atoms. The van der Waals surface area contributed by atoms with E-state index in [0.717, 1.165) is 10.0 Å². The summed E-state index contributed by atoms with van der Waals surface area (Å²) in [4.78, 5) is 23.5. The Morgan fingerprint density at radius 3 is 2.46 bits per heavy atom. The number of benzene rings is 1. The van der Waals surface area contributed by atoms with Gasteiger partial charge in [-0.2, -0.15) is 0 Å². The molecule has 0 radical (unpaired) electrons. The fourth-order valence-electron chi connectivity index (χ4n) is 1.81. The molecule has 7 heteroatoms. The molecule has 0 aromatic heterocycles. The number of rotatable bonds is 7. The zero-order chi connectivity index (χ0) is 18.3. The third kappa shape index (κ3) is 8.01. The van der Waals surface area contributed by atoms with E-state index < -0.39 is 0 Å². The lowest BCUT2D eigenvalue weighted by Gasteiger charge is -2.21. The van der Waals surface area contributed by atoms with Crippen molar-refractivity contribution in [1.29, 1.82) is 0 Å². The minimum atomic E-state index is -0.366. The summed E-state index contributed by atoms with van der Waals surface area (Å²) >= 11 is 3.37. The van der Waals surface area contributed by atoms with Crippen LogP contribution in [0.25, 0.3) is 0 Å². The standard InChI is InChI=1S/C17H24BrN3O3/c1-11-8-13(18)6-7-14(11)24-10-16(23)21-20-12(2)9-15(22)19-17(3,4)5/h6-8,20H,2,9-10H2,1,3-5H3,(H,19,22)(H,21,23). The van der Waals surface area contributed by atoms with Crippen LogP contribution in [-0.4, -0.2) is 24.0 Å². The molecular formula is C17H24BrN3O3. The highest BCUT2D eigenvalue weighted by Gasteiger charge is 2.14. The predicted molar refractivity (Wildman–Crippen MR) is 97.3 cm³/mol. The number of hydrogen-bond acceptors (Lipinski definition) is 4. The Labute approximate surface area is 151 Å². The van der Waals surface area contributed by atoms with E-state index in [9.17, 15) is 9.59 Å². The van der Waals surface area contributed by atoms with Gasteiger partial charge in [-0.15, -0.1) is 0 Å². The summed E-state index contributed by atoms with van der Waals surface area (Å²) < 4.78 is 6.40. The van der Waals surface area contributed by atoms with Crippen molar-refractivity contribution in [2.24, 2.45) is 0 Å². The molecule has 0 aliphatic rings. The van der Waals surface area contributed by atoms with Crippen molar-refractivity contribution in [2.75, 3.05) is 6.61 Å². The first-order valence-electron chi connectivity index (χ1n) is 7.49. The molecule has 0 heterocycles. The van der Waals surface area contributed by atoms with Crippen LogP contribution < -0.4 is 20.9 Å². The number of ether oxygens (including phenoxy) is 1. The monoisotopic (exact) mass is 397 g/mol. The number of halogens is 1. The van der Waals surface area contributed by atoms with Crippen molar-refractivity contribution in [2.45, 2.75) is 39.7 Å². The van der Waals surface area contributed by atoms with E-state index in [1.807, 2.05) is 39.8 Å². The summed E-state index contributed by atoms with van der Waals surface area (Å²) in [5.41, 5.74) is 6.08. The number of hydrogen-bond donors (Lipinski definition) is 3. The Kier molecular flexibility index (Phi) is 7.28. The molecule has 0 saturated heterocycles. The van der Waals surface area contributed by atoms with Crippen LogP contribution in [0.2, 0.25) is 0 Å². The van der Waals surface area contributed by atoms with E-state index >= 15 is 0 Å². The molecule has 0 aliphatic carbocycles. The molecule has 1 aromatic carbocycles. The minimum Gasteiger partial charge on any atom is -0.483 e. The molecule has 0 saturated carbocycles. The van der Waals surface area contributed by atoms with Crippen LogP contribution in [0.3, 0.4) is 0 Å². The SMILES string of the molecule is C=C(CC(=O)NC(C)(C)C)NNC(=O)COc1ccc(Br)cc1C. The van der Waals surface area contributed by atoms with Gasteiger partial charge in [0.15, 0.2) is 6.61 Å². The first-order chi connectivity index (χ1) is 11.1. The van der Waals surface area contributed by atoms with E-state index in [1.54, 1.807) is 6.07 Å². The van der Waals surface area contributed by atoms with Crippen LogP contribution in [0.15, 0.2) is 34.9 Å². The smallest absolute Gasteiger partial charge is 0.276 e. The van der Waals surface area contributed by atoms with Crippen molar-refractivity contribution in [3.05, 3.63) is 40.5 Å². The average Bonchev–Trinajstić information content (AvgIpc) is 2.42. The molecule has 0 bridgehead atoms. The molecule has 1 rings (SSSR count). The molecule has 0 aliphatic heterocycles. The van der Waals surface area contributed by atoms with Crippen molar-refractivity contribution in [3.63, 3.8) is 0 Å². The first-order valence-corrected chi connectivity index (χ1v) is 8.29. The van der Waals surface area contributed by atoms with Gasteiger partial charge >= 0.3 is 0 Å². The van der Waals surface area contributed by atoms with Gasteiger partial charge in [-0.25, -0.2) is 0 Å². The van der Waals surface area contributed by atoms with Crippen LogP contribution in [0.5, 0.6) is 5.75 Å². The molecule has 0 unspecified atom stereocenters. The predicted octanol–water partition coefficient (Wildman–Crippen LogP) is 2.58. The van der Waals surface area contributed by atoms with Gasteiger partial charge in [-0.1, -0.05) is 22.5 Å². The second-order valence-electron chi connectivity index (χ2n) is 6.45. The lowest BCUT2D eigenvalue weighted by Crippen LogP contribution is -2.43. The topological polar surface area (TPSA) is 79.5 Å². The summed E-state index contributed by atoms with van der Waals surface area (Å²) in [6.45, 7) is 11.1. The van der Waals surface area contributed by atoms with Gasteiger partial charge < -0.3 is 15.5 Å². The van der Waals surface area contributed by atoms with Crippen LogP contribution in [0.4, 0.5) is 0 Å². The highest BCUT2D eigenvalue weighted by atomic mass is 79.9. The molecular weight excluding hydrogens is 374 g/mol. The quantitative estimate of drug-likeness (QED) is 0.617. The van der Waals surface area contributed by atoms with E-state index in [2.05, 4.69) is 38.7 Å². The average molecular weight is 398 g/mol. The Balaban J connectivity index is 2.33. The Morgan fingerprint density at radius 1 is 1.21 bits per heavy atom. The van der Waals surface area contributed by atoms with Gasteiger partial charge in [0.25, 0.3) is 5.91 Å². The summed E-state index contributed by atoms with van der Waals surface area (Å²) in [7, 11) is 0. The van der Waals surface area contributed by atoms with Gasteiger partial charge in [-0.05, 0) is 51.5 Å². The van der Waals surface area contributed by atoms with E-state index in [-0.39, 0.29) is 30.4 Å². The van der Waals surface area contributed by atoms with Crippen LogP contribution in [-0.2, 0) is 9.59 Å². The van der Waals surface area contributed by atoms with E-state index in [4.69, 9.17) is 4.74 Å². The molecule has 3 N–H and O–H groups in total. The molecule has 0 fully saturated rings. The number of amides is 2. The first kappa shape index (κ1) is 20.0. The fraction of sp³-hybridized carbons (Fsp3) is 0.412. The van der Waals surface area contributed by atoms with E-state index in [1.165, 1.54) is 0 Å². The zero-order valence-electron chi connectivity index (χ0n) is 14.5. The summed E-state index contributed by atoms with van der Waals surface area (Å²) in [6.07, 6.45) is 0.0736. The Hall–Kier alpha value is -2.02. The summed E-state index contributed by atoms with van der Waals surface area (Å²) in [6, 6.07) is 5.53. The molecule has 2 amide bonds. The molecule has 0 atom stereocenters. The molecule has 1 aromatic rings. The maximum Gasteiger partial charge on any atom is 0.276 e. The summed E-state index contributed by atoms with van der Waals surface area (Å²) in [5, 5.41) is 2.81. The number of hydrazine groups is 1. The second kappa shape index (κ2) is 8.73. The number of nitrogens with one attached hydrogen (secondary N) is 3. The maximum atomic E-state index is 11.8. The van der Waals surface area contributed by atoms with Gasteiger partial charge in [0.1, 0.15) is 5.75 Å². The van der Waals surface area contributed by atoms with Crippen molar-refractivity contribution in [3.8, 4) is 5.75 Å². The Bertz CT molecular complexity index is 624. The van der Waals surface area contributed by atoms with Crippen LogP contribution in [0, 0.1) is 6.92 Å². The van der Waals surface area contributed by atoms with Gasteiger partial charge in [0.2, 0.25) is 5.91 Å². The maximum absolute atomic E-state index is 11.8. The highest BCUT2D eigenvalue weighted by molar-refractivity contribution is 9.10. The largest absolute Gasteiger partial charge is 0.483 e. The van der Waals surface area contributed by atoms with Crippen molar-refractivity contribution in [1.82, 2.24) is 16.2 Å². The highest BCUT2D eigenvalue weighted by Crippen LogP contribution is 2.21. The third-order valence-electron chi connectivity index (χ3n) is 2.76. The van der Waals surface area contributed by atoms with Gasteiger partial charge in [0, 0.05) is 15.7 Å². The Morgan fingerprint density at radius 2 is 1.88 bits per heavy atom. The van der Waals surface area contributed by atoms with Crippen molar-refractivity contribution < 1.29 is 14.3 Å². The second-order valence-corrected chi connectivity index (χ2v) is 7.37. The van der Waals surface area contributed by atoms with Gasteiger partial charge in [0.05, 0.1) is 6.42 Å². The minimum absolute atomic E-state index is 0.0736. The van der Waals surface area contributed by atoms with Crippen LogP contribution >= 0.6 is 15.9 Å². The van der Waals surface area contributed by atoms with Crippen molar-refractivity contribution >= 4 is 27.7 Å². The zero-order valence-corrected chi connectivity index (χ0v) is 16.0. The number of carbonyl (C=O) groups excluding carboxylic acids is 2. The lowest BCUT2D eigenvalue weighted by molar-refractivity contribution is -0.124. The normalized spacial score (nSPS) is 10.7. The summed E-state index contributed by atoms with van der Waals surface area (Å²) in [5.74, 6) is 0.0995. The third-order valence-corrected chi connectivity index (χ3v) is 3.26.